The molecule has 1 aromatic carbocycles. The van der Waals surface area contributed by atoms with Gasteiger partial charge in [0.15, 0.2) is 0 Å². The molecule has 22 heavy (non-hydrogen) atoms. The average molecular weight is 346 g/mol. The molecule has 1 N–H and O–H groups in total. The highest BCUT2D eigenvalue weighted by Crippen LogP contribution is 2.09. The van der Waals surface area contributed by atoms with Gasteiger partial charge in [-0.2, -0.15) is 0 Å². The van der Waals surface area contributed by atoms with Crippen molar-refractivity contribution in [2.45, 2.75) is 6.92 Å². The lowest BCUT2D eigenvalue weighted by molar-refractivity contribution is -0.130. The third-order valence-electron chi connectivity index (χ3n) is 3.54. The van der Waals surface area contributed by atoms with Crippen molar-refractivity contribution in [1.82, 2.24) is 9.80 Å². The Labute approximate surface area is 142 Å². The normalized spacial score (nSPS) is 15.1. The molecule has 0 bridgehead atoms. The maximum Gasteiger partial charge on any atom is 0.238 e. The topological polar surface area (TPSA) is 52.7 Å². The summed E-state index contributed by atoms with van der Waals surface area (Å²) in [6.45, 7) is 5.00. The number of carbonyl (C=O) groups is 2. The molecular formula is C15H21Cl2N3O2. The van der Waals surface area contributed by atoms with E-state index in [0.717, 1.165) is 11.3 Å². The summed E-state index contributed by atoms with van der Waals surface area (Å²) in [5, 5.41) is 2.88. The van der Waals surface area contributed by atoms with E-state index < -0.39 is 0 Å². The van der Waals surface area contributed by atoms with Gasteiger partial charge in [-0.15, -0.1) is 24.0 Å². The molecule has 1 fully saturated rings. The van der Waals surface area contributed by atoms with Gasteiger partial charge in [-0.05, 0) is 19.1 Å². The van der Waals surface area contributed by atoms with Crippen LogP contribution in [0, 0.1) is 6.92 Å². The summed E-state index contributed by atoms with van der Waals surface area (Å²) < 4.78 is 0. The molecule has 1 saturated heterocycles. The summed E-state index contributed by atoms with van der Waals surface area (Å²) in [6, 6.07) is 7.72. The third kappa shape index (κ3) is 5.48. The maximum atomic E-state index is 12.0. The van der Waals surface area contributed by atoms with Crippen LogP contribution >= 0.6 is 24.0 Å². The fourth-order valence-corrected chi connectivity index (χ4v) is 2.45. The maximum absolute atomic E-state index is 12.0. The summed E-state index contributed by atoms with van der Waals surface area (Å²) in [5.74, 6) is -0.0510. The Hall–Kier alpha value is -1.30. The van der Waals surface area contributed by atoms with Gasteiger partial charge in [0.1, 0.15) is 5.88 Å². The molecule has 0 radical (unpaired) electrons. The van der Waals surface area contributed by atoms with Gasteiger partial charge >= 0.3 is 0 Å². The standard InChI is InChI=1S/C15H20ClN3O2.ClH/c1-12-2-4-13(5-3-12)17-14(20)11-18-6-8-19(9-7-18)15(21)10-16;/h2-5H,6-11H2,1H3,(H,17,20);1H. The first-order valence-electron chi connectivity index (χ1n) is 7.01. The smallest absolute Gasteiger partial charge is 0.238 e. The summed E-state index contributed by atoms with van der Waals surface area (Å²) in [6.07, 6.45) is 0. The number of anilines is 1. The van der Waals surface area contributed by atoms with Crippen LogP contribution in [0.15, 0.2) is 24.3 Å². The molecule has 1 aromatic rings. The second kappa shape index (κ2) is 8.98. The fraction of sp³-hybridized carbons (Fsp3) is 0.467. The van der Waals surface area contributed by atoms with Crippen LogP contribution in [0.5, 0.6) is 0 Å². The van der Waals surface area contributed by atoms with E-state index in [1.807, 2.05) is 36.1 Å². The molecule has 0 aliphatic carbocycles. The lowest BCUT2D eigenvalue weighted by Gasteiger charge is -2.33. The predicted octanol–water partition coefficient (Wildman–Crippen LogP) is 1.74. The zero-order valence-corrected chi connectivity index (χ0v) is 14.1. The number of amides is 2. The number of carbonyl (C=O) groups excluding carboxylic acids is 2. The van der Waals surface area contributed by atoms with E-state index >= 15 is 0 Å². The minimum atomic E-state index is -0.0413. The summed E-state index contributed by atoms with van der Waals surface area (Å²) in [5.41, 5.74) is 1.97. The number of halogens is 2. The Balaban J connectivity index is 0.00000242. The van der Waals surface area contributed by atoms with Gasteiger partial charge in [-0.25, -0.2) is 0 Å². The van der Waals surface area contributed by atoms with Crippen molar-refractivity contribution in [3.8, 4) is 0 Å². The first-order chi connectivity index (χ1) is 10.1. The van der Waals surface area contributed by atoms with E-state index in [9.17, 15) is 9.59 Å². The molecule has 2 amide bonds. The van der Waals surface area contributed by atoms with Gasteiger partial charge in [-0.3, -0.25) is 14.5 Å². The number of alkyl halides is 1. The fourth-order valence-electron chi connectivity index (χ4n) is 2.28. The molecule has 0 unspecified atom stereocenters. The van der Waals surface area contributed by atoms with Crippen molar-refractivity contribution in [1.29, 1.82) is 0 Å². The lowest BCUT2D eigenvalue weighted by atomic mass is 10.2. The Morgan fingerprint density at radius 3 is 2.27 bits per heavy atom. The zero-order chi connectivity index (χ0) is 15.2. The lowest BCUT2D eigenvalue weighted by Crippen LogP contribution is -2.50. The van der Waals surface area contributed by atoms with Crippen LogP contribution in [0.3, 0.4) is 0 Å². The molecule has 0 spiro atoms. The highest BCUT2D eigenvalue weighted by atomic mass is 35.5. The number of aryl methyl sites for hydroxylation is 1. The second-order valence-electron chi connectivity index (χ2n) is 5.20. The Kier molecular flexibility index (Phi) is 7.65. The van der Waals surface area contributed by atoms with Gasteiger partial charge in [0, 0.05) is 31.9 Å². The van der Waals surface area contributed by atoms with E-state index in [4.69, 9.17) is 11.6 Å². The number of piperazine rings is 1. The monoisotopic (exact) mass is 345 g/mol. The van der Waals surface area contributed by atoms with Crippen molar-refractivity contribution in [2.75, 3.05) is 43.9 Å². The molecule has 7 heteroatoms. The van der Waals surface area contributed by atoms with Crippen LogP contribution in [-0.4, -0.2) is 60.2 Å². The molecule has 0 saturated carbocycles. The van der Waals surface area contributed by atoms with Crippen molar-refractivity contribution in [2.24, 2.45) is 0 Å². The molecule has 2 rings (SSSR count). The van der Waals surface area contributed by atoms with Gasteiger partial charge in [0.05, 0.1) is 6.54 Å². The Morgan fingerprint density at radius 2 is 1.73 bits per heavy atom. The summed E-state index contributed by atoms with van der Waals surface area (Å²) >= 11 is 5.54. The zero-order valence-electron chi connectivity index (χ0n) is 12.5. The van der Waals surface area contributed by atoms with E-state index in [1.54, 1.807) is 4.90 Å². The van der Waals surface area contributed by atoms with Crippen LogP contribution < -0.4 is 5.32 Å². The van der Waals surface area contributed by atoms with Crippen molar-refractivity contribution >= 4 is 41.5 Å². The number of nitrogens with one attached hydrogen (secondary N) is 1. The number of rotatable bonds is 4. The molecule has 5 nitrogen and oxygen atoms in total. The number of nitrogens with zero attached hydrogens (tertiary/aromatic N) is 2. The van der Waals surface area contributed by atoms with Crippen LogP contribution in [0.1, 0.15) is 5.56 Å². The highest BCUT2D eigenvalue weighted by molar-refractivity contribution is 6.27. The summed E-state index contributed by atoms with van der Waals surface area (Å²) in [4.78, 5) is 27.2. The molecule has 0 atom stereocenters. The van der Waals surface area contributed by atoms with Crippen LogP contribution in [0.25, 0.3) is 0 Å². The van der Waals surface area contributed by atoms with E-state index in [0.29, 0.717) is 32.7 Å². The minimum Gasteiger partial charge on any atom is -0.339 e. The van der Waals surface area contributed by atoms with Crippen LogP contribution in [0.2, 0.25) is 0 Å². The van der Waals surface area contributed by atoms with Crippen molar-refractivity contribution in [3.63, 3.8) is 0 Å². The SMILES string of the molecule is Cc1ccc(NC(=O)CN2CCN(C(=O)CCl)CC2)cc1.Cl. The van der Waals surface area contributed by atoms with Gasteiger partial charge in [0.2, 0.25) is 11.8 Å². The van der Waals surface area contributed by atoms with E-state index in [-0.39, 0.29) is 30.1 Å². The highest BCUT2D eigenvalue weighted by Gasteiger charge is 2.21. The average Bonchev–Trinajstić information content (AvgIpc) is 2.49. The van der Waals surface area contributed by atoms with Crippen LogP contribution in [-0.2, 0) is 9.59 Å². The first kappa shape index (κ1) is 18.7. The van der Waals surface area contributed by atoms with Gasteiger partial charge in [-0.1, -0.05) is 17.7 Å². The van der Waals surface area contributed by atoms with Crippen LogP contribution in [0.4, 0.5) is 5.69 Å². The molecule has 122 valence electrons. The molecule has 1 aliphatic heterocycles. The molecular weight excluding hydrogens is 325 g/mol. The minimum absolute atomic E-state index is 0. The third-order valence-corrected chi connectivity index (χ3v) is 3.77. The van der Waals surface area contributed by atoms with Crippen molar-refractivity contribution < 1.29 is 9.59 Å². The quantitative estimate of drug-likeness (QED) is 0.845. The van der Waals surface area contributed by atoms with Crippen molar-refractivity contribution in [3.05, 3.63) is 29.8 Å². The first-order valence-corrected chi connectivity index (χ1v) is 7.54. The van der Waals surface area contributed by atoms with Gasteiger partial charge < -0.3 is 10.2 Å². The van der Waals surface area contributed by atoms with E-state index in [2.05, 4.69) is 5.32 Å². The van der Waals surface area contributed by atoms with E-state index in [1.165, 1.54) is 0 Å². The van der Waals surface area contributed by atoms with Gasteiger partial charge in [0.25, 0.3) is 0 Å². The molecule has 0 aromatic heterocycles. The Morgan fingerprint density at radius 1 is 1.14 bits per heavy atom. The molecule has 1 aliphatic rings. The Bertz CT molecular complexity index is 500. The molecule has 1 heterocycles. The largest absolute Gasteiger partial charge is 0.339 e. The number of hydrogen-bond donors (Lipinski definition) is 1. The second-order valence-corrected chi connectivity index (χ2v) is 5.47. The number of benzene rings is 1. The number of hydrogen-bond acceptors (Lipinski definition) is 3. The summed E-state index contributed by atoms with van der Waals surface area (Å²) in [7, 11) is 0. The predicted molar refractivity (Wildman–Crippen MR) is 90.8 cm³/mol.